The topological polar surface area (TPSA) is 98.0 Å². The van der Waals surface area contributed by atoms with Crippen molar-refractivity contribution in [1.82, 2.24) is 5.32 Å². The van der Waals surface area contributed by atoms with Gasteiger partial charge in [-0.25, -0.2) is 9.18 Å². The Balaban J connectivity index is 3.25. The summed E-state index contributed by atoms with van der Waals surface area (Å²) in [6.45, 7) is 2.90. The minimum atomic E-state index is -0.973. The lowest BCUT2D eigenvalue weighted by Crippen LogP contribution is -2.36. The number of urea groups is 1. The Kier molecular flexibility index (Phi) is 4.98. The van der Waals surface area contributed by atoms with Crippen LogP contribution in [0.5, 0.6) is 5.75 Å². The van der Waals surface area contributed by atoms with E-state index in [4.69, 9.17) is 10.3 Å². The molecule has 1 aromatic carbocycles. The van der Waals surface area contributed by atoms with Crippen LogP contribution in [0.3, 0.4) is 0 Å². The first-order valence-corrected chi connectivity index (χ1v) is 5.83. The first-order valence-electron chi connectivity index (χ1n) is 5.83. The number of ether oxygens (including phenoxy) is 1. The quantitative estimate of drug-likeness (QED) is 0.570. The fourth-order valence-electron chi connectivity index (χ4n) is 1.39. The van der Waals surface area contributed by atoms with Crippen molar-refractivity contribution >= 4 is 11.7 Å². The molecular formula is C12H17FN4O3. The number of halogens is 1. The van der Waals surface area contributed by atoms with Gasteiger partial charge >= 0.3 is 6.03 Å². The standard InChI is InChI=1S/C12H17FN4O3/c1-12(2,7-18)20-10-6-8(13)4-5-9(10)17(16-14)11(19)15-3/h4-6,14,18H,7H2,1-3H3,(H,15,19). The number of anilines is 1. The molecule has 0 saturated heterocycles. The summed E-state index contributed by atoms with van der Waals surface area (Å²) in [6, 6.07) is 2.78. The van der Waals surface area contributed by atoms with Gasteiger partial charge in [-0.05, 0) is 26.0 Å². The molecule has 0 aromatic heterocycles. The zero-order valence-corrected chi connectivity index (χ0v) is 11.5. The van der Waals surface area contributed by atoms with E-state index in [-0.39, 0.29) is 18.0 Å². The maximum absolute atomic E-state index is 13.3. The molecule has 0 heterocycles. The third-order valence-electron chi connectivity index (χ3n) is 2.42. The molecule has 7 nitrogen and oxygen atoms in total. The lowest BCUT2D eigenvalue weighted by atomic mass is 10.1. The summed E-state index contributed by atoms with van der Waals surface area (Å²) in [7, 11) is 1.38. The molecule has 8 heteroatoms. The fourth-order valence-corrected chi connectivity index (χ4v) is 1.39. The highest BCUT2D eigenvalue weighted by atomic mass is 19.1. The van der Waals surface area contributed by atoms with Crippen LogP contribution in [0, 0.1) is 11.3 Å². The van der Waals surface area contributed by atoms with Crippen LogP contribution in [0.2, 0.25) is 0 Å². The van der Waals surface area contributed by atoms with Gasteiger partial charge in [0.2, 0.25) is 0 Å². The summed E-state index contributed by atoms with van der Waals surface area (Å²) in [5.74, 6) is -0.567. The molecule has 1 aromatic rings. The van der Waals surface area contributed by atoms with Gasteiger partial charge in [0, 0.05) is 13.1 Å². The fraction of sp³-hybridized carbons (Fsp3) is 0.417. The smallest absolute Gasteiger partial charge is 0.343 e. The van der Waals surface area contributed by atoms with Crippen molar-refractivity contribution in [2.75, 3.05) is 18.7 Å². The van der Waals surface area contributed by atoms with Gasteiger partial charge in [0.25, 0.3) is 0 Å². The molecule has 0 aliphatic carbocycles. The van der Waals surface area contributed by atoms with E-state index in [0.717, 1.165) is 17.1 Å². The van der Waals surface area contributed by atoms with Crippen LogP contribution in [-0.4, -0.2) is 30.4 Å². The molecule has 0 atom stereocenters. The molecular weight excluding hydrogens is 267 g/mol. The minimum absolute atomic E-state index is 0.00338. The molecule has 0 unspecified atom stereocenters. The van der Waals surface area contributed by atoms with Gasteiger partial charge in [-0.15, -0.1) is 0 Å². The van der Waals surface area contributed by atoms with Crippen LogP contribution >= 0.6 is 0 Å². The van der Waals surface area contributed by atoms with Crippen molar-refractivity contribution in [2.45, 2.75) is 19.4 Å². The largest absolute Gasteiger partial charge is 0.483 e. The number of carbonyl (C=O) groups is 1. The van der Waals surface area contributed by atoms with E-state index in [9.17, 15) is 14.3 Å². The maximum Gasteiger partial charge on any atom is 0.343 e. The highest BCUT2D eigenvalue weighted by molar-refractivity contribution is 5.92. The highest BCUT2D eigenvalue weighted by Crippen LogP contribution is 2.32. The SMILES string of the molecule is CNC(=O)N(N=N)c1ccc(F)cc1OC(C)(C)CO. The molecule has 0 bridgehead atoms. The van der Waals surface area contributed by atoms with Crippen LogP contribution in [0.25, 0.3) is 0 Å². The average Bonchev–Trinajstić information content (AvgIpc) is 2.41. The minimum Gasteiger partial charge on any atom is -0.483 e. The van der Waals surface area contributed by atoms with Crippen LogP contribution in [0.1, 0.15) is 13.8 Å². The Morgan fingerprint density at radius 2 is 2.25 bits per heavy atom. The Bertz CT molecular complexity index is 507. The molecule has 0 radical (unpaired) electrons. The Labute approximate surface area is 115 Å². The second kappa shape index (κ2) is 6.29. The summed E-state index contributed by atoms with van der Waals surface area (Å²) in [4.78, 5) is 11.6. The van der Waals surface area contributed by atoms with Gasteiger partial charge in [0.15, 0.2) is 0 Å². The summed E-state index contributed by atoms with van der Waals surface area (Å²) >= 11 is 0. The van der Waals surface area contributed by atoms with Crippen LogP contribution in [-0.2, 0) is 0 Å². The van der Waals surface area contributed by atoms with Gasteiger partial charge in [0.1, 0.15) is 22.9 Å². The number of aliphatic hydroxyl groups excluding tert-OH is 1. The van der Waals surface area contributed by atoms with Crippen LogP contribution < -0.4 is 15.1 Å². The van der Waals surface area contributed by atoms with Crippen molar-refractivity contribution < 1.29 is 19.0 Å². The third-order valence-corrected chi connectivity index (χ3v) is 2.42. The lowest BCUT2D eigenvalue weighted by molar-refractivity contribution is 0.0414. The maximum atomic E-state index is 13.3. The van der Waals surface area contributed by atoms with Crippen molar-refractivity contribution in [1.29, 1.82) is 5.53 Å². The molecule has 0 spiro atoms. The van der Waals surface area contributed by atoms with Crippen molar-refractivity contribution in [3.8, 4) is 5.75 Å². The number of hydrogen-bond acceptors (Lipinski definition) is 5. The Morgan fingerprint density at radius 3 is 2.75 bits per heavy atom. The van der Waals surface area contributed by atoms with Crippen LogP contribution in [0.15, 0.2) is 23.4 Å². The predicted octanol–water partition coefficient (Wildman–Crippen LogP) is 2.07. The molecule has 0 saturated carbocycles. The molecule has 110 valence electrons. The van der Waals surface area contributed by atoms with Gasteiger partial charge in [0.05, 0.1) is 6.61 Å². The lowest BCUT2D eigenvalue weighted by Gasteiger charge is -2.27. The number of nitrogens with one attached hydrogen (secondary N) is 2. The van der Waals surface area contributed by atoms with E-state index in [0.29, 0.717) is 0 Å². The zero-order chi connectivity index (χ0) is 15.3. The van der Waals surface area contributed by atoms with Gasteiger partial charge in [-0.3, -0.25) is 0 Å². The molecule has 0 aliphatic rings. The molecule has 20 heavy (non-hydrogen) atoms. The first kappa shape index (κ1) is 15.8. The summed E-state index contributed by atoms with van der Waals surface area (Å²) in [5.41, 5.74) is 6.17. The average molecular weight is 284 g/mol. The van der Waals surface area contributed by atoms with E-state index in [1.807, 2.05) is 0 Å². The van der Waals surface area contributed by atoms with E-state index < -0.39 is 17.4 Å². The molecule has 1 rings (SSSR count). The van der Waals surface area contributed by atoms with Gasteiger partial charge < -0.3 is 15.2 Å². The van der Waals surface area contributed by atoms with E-state index in [1.54, 1.807) is 13.8 Å². The van der Waals surface area contributed by atoms with E-state index in [1.165, 1.54) is 13.1 Å². The van der Waals surface area contributed by atoms with Crippen molar-refractivity contribution in [3.63, 3.8) is 0 Å². The summed E-state index contributed by atoms with van der Waals surface area (Å²) in [5, 5.41) is 15.3. The van der Waals surface area contributed by atoms with E-state index in [2.05, 4.69) is 10.5 Å². The molecule has 0 aliphatic heterocycles. The molecule has 3 N–H and O–H groups in total. The Morgan fingerprint density at radius 1 is 1.60 bits per heavy atom. The third kappa shape index (κ3) is 3.64. The normalized spacial score (nSPS) is 10.8. The number of carbonyl (C=O) groups excluding carboxylic acids is 1. The summed E-state index contributed by atoms with van der Waals surface area (Å²) < 4.78 is 18.8. The van der Waals surface area contributed by atoms with Gasteiger partial charge in [-0.2, -0.15) is 10.5 Å². The van der Waals surface area contributed by atoms with E-state index >= 15 is 0 Å². The van der Waals surface area contributed by atoms with Crippen LogP contribution in [0.4, 0.5) is 14.9 Å². The summed E-state index contributed by atoms with van der Waals surface area (Å²) in [6.07, 6.45) is 0. The second-order valence-corrected chi connectivity index (χ2v) is 4.60. The number of benzene rings is 1. The predicted molar refractivity (Wildman–Crippen MR) is 70.3 cm³/mol. The number of amides is 2. The Hall–Kier alpha value is -2.22. The zero-order valence-electron chi connectivity index (χ0n) is 11.5. The number of nitrogens with zero attached hydrogens (tertiary/aromatic N) is 2. The van der Waals surface area contributed by atoms with Crippen molar-refractivity contribution in [2.24, 2.45) is 5.22 Å². The number of aliphatic hydroxyl groups is 1. The van der Waals surface area contributed by atoms with Crippen molar-refractivity contribution in [3.05, 3.63) is 24.0 Å². The monoisotopic (exact) mass is 284 g/mol. The number of rotatable bonds is 5. The highest BCUT2D eigenvalue weighted by Gasteiger charge is 2.24. The van der Waals surface area contributed by atoms with Gasteiger partial charge in [-0.1, -0.05) is 5.22 Å². The molecule has 2 amide bonds. The molecule has 0 fully saturated rings. The second-order valence-electron chi connectivity index (χ2n) is 4.60. The number of hydrogen-bond donors (Lipinski definition) is 3. The first-order chi connectivity index (χ1) is 9.34.